The Morgan fingerprint density at radius 1 is 1.50 bits per heavy atom. The van der Waals surface area contributed by atoms with Gasteiger partial charge in [0.1, 0.15) is 0 Å². The molecule has 1 aliphatic carbocycles. The Kier molecular flexibility index (Phi) is 3.44. The van der Waals surface area contributed by atoms with E-state index in [9.17, 15) is 4.79 Å². The summed E-state index contributed by atoms with van der Waals surface area (Å²) in [4.78, 5) is 10.6. The normalized spacial score (nSPS) is 22.6. The summed E-state index contributed by atoms with van der Waals surface area (Å²) in [7, 11) is 0. The van der Waals surface area contributed by atoms with Crippen molar-refractivity contribution in [3.8, 4) is 0 Å². The zero-order valence-corrected chi connectivity index (χ0v) is 10.4. The van der Waals surface area contributed by atoms with Crippen LogP contribution < -0.4 is 0 Å². The molecule has 1 aliphatic rings. The Morgan fingerprint density at radius 2 is 2.31 bits per heavy atom. The fourth-order valence-electron chi connectivity index (χ4n) is 2.23. The van der Waals surface area contributed by atoms with Crippen LogP contribution in [0.1, 0.15) is 30.7 Å². The van der Waals surface area contributed by atoms with Crippen LogP contribution in [-0.2, 0) is 4.79 Å². The number of hydrogen-bond acceptors (Lipinski definition) is 1. The van der Waals surface area contributed by atoms with E-state index in [2.05, 4.69) is 28.1 Å². The molecule has 2 rings (SSSR count). The minimum Gasteiger partial charge on any atom is -0.478 e. The summed E-state index contributed by atoms with van der Waals surface area (Å²) in [5.41, 5.74) is 2.35. The SMILES string of the molecule is O=C(O)/C=C1\CCC(c2cccc(Br)c2)C1. The second-order valence-corrected chi connectivity index (χ2v) is 5.05. The molecule has 1 N–H and O–H groups in total. The molecule has 0 heterocycles. The van der Waals surface area contributed by atoms with Crippen molar-refractivity contribution in [2.75, 3.05) is 0 Å². The van der Waals surface area contributed by atoms with Gasteiger partial charge in [-0.3, -0.25) is 0 Å². The monoisotopic (exact) mass is 280 g/mol. The van der Waals surface area contributed by atoms with Crippen molar-refractivity contribution < 1.29 is 9.90 Å². The predicted molar refractivity (Wildman–Crippen MR) is 66.5 cm³/mol. The molecule has 0 bridgehead atoms. The first-order chi connectivity index (χ1) is 7.65. The number of carboxylic acid groups (broad SMARTS) is 1. The van der Waals surface area contributed by atoms with Crippen LogP contribution in [-0.4, -0.2) is 11.1 Å². The number of allylic oxidation sites excluding steroid dienone is 1. The molecule has 0 radical (unpaired) electrons. The average molecular weight is 281 g/mol. The fourth-order valence-corrected chi connectivity index (χ4v) is 2.65. The van der Waals surface area contributed by atoms with Gasteiger partial charge in [0.15, 0.2) is 0 Å². The van der Waals surface area contributed by atoms with E-state index < -0.39 is 5.97 Å². The Balaban J connectivity index is 2.12. The lowest BCUT2D eigenvalue weighted by atomic mass is 9.97. The Morgan fingerprint density at radius 3 is 3.00 bits per heavy atom. The highest BCUT2D eigenvalue weighted by Gasteiger charge is 2.21. The van der Waals surface area contributed by atoms with E-state index in [4.69, 9.17) is 5.11 Å². The van der Waals surface area contributed by atoms with Gasteiger partial charge in [-0.2, -0.15) is 0 Å². The number of aliphatic carboxylic acids is 1. The van der Waals surface area contributed by atoms with Crippen molar-refractivity contribution in [2.24, 2.45) is 0 Å². The average Bonchev–Trinajstić information content (AvgIpc) is 2.65. The van der Waals surface area contributed by atoms with Crippen LogP contribution in [0.5, 0.6) is 0 Å². The lowest BCUT2D eigenvalue weighted by molar-refractivity contribution is -0.131. The summed E-state index contributed by atoms with van der Waals surface area (Å²) in [6.07, 6.45) is 4.19. The summed E-state index contributed by atoms with van der Waals surface area (Å²) in [6, 6.07) is 8.26. The number of carboxylic acids is 1. The molecule has 0 aliphatic heterocycles. The predicted octanol–water partition coefficient (Wildman–Crippen LogP) is 3.73. The largest absolute Gasteiger partial charge is 0.478 e. The smallest absolute Gasteiger partial charge is 0.328 e. The third kappa shape index (κ3) is 2.73. The molecule has 2 nitrogen and oxygen atoms in total. The molecule has 1 saturated carbocycles. The van der Waals surface area contributed by atoms with Gasteiger partial charge < -0.3 is 5.11 Å². The van der Waals surface area contributed by atoms with Gasteiger partial charge in [0.05, 0.1) is 0 Å². The van der Waals surface area contributed by atoms with Gasteiger partial charge in [-0.05, 0) is 42.9 Å². The van der Waals surface area contributed by atoms with E-state index in [1.54, 1.807) is 0 Å². The maximum atomic E-state index is 10.6. The molecule has 0 amide bonds. The summed E-state index contributed by atoms with van der Waals surface area (Å²) in [5.74, 6) is -0.354. The molecular formula is C13H13BrO2. The van der Waals surface area contributed by atoms with Gasteiger partial charge in [-0.1, -0.05) is 33.6 Å². The van der Waals surface area contributed by atoms with Crippen LogP contribution in [0.3, 0.4) is 0 Å². The lowest BCUT2D eigenvalue weighted by Crippen LogP contribution is -1.93. The molecular weight excluding hydrogens is 268 g/mol. The molecule has 1 aromatic carbocycles. The van der Waals surface area contributed by atoms with Crippen LogP contribution in [0, 0.1) is 0 Å². The molecule has 0 aromatic heterocycles. The quantitative estimate of drug-likeness (QED) is 0.839. The summed E-state index contributed by atoms with van der Waals surface area (Å²) >= 11 is 3.46. The zero-order chi connectivity index (χ0) is 11.5. The van der Waals surface area contributed by atoms with Crippen molar-refractivity contribution in [3.63, 3.8) is 0 Å². The number of hydrogen-bond donors (Lipinski definition) is 1. The standard InChI is InChI=1S/C13H13BrO2/c14-12-3-1-2-10(8-12)11-5-4-9(6-11)7-13(15)16/h1-3,7-8,11H,4-6H2,(H,15,16)/b9-7+. The highest BCUT2D eigenvalue weighted by atomic mass is 79.9. The highest BCUT2D eigenvalue weighted by molar-refractivity contribution is 9.10. The molecule has 0 spiro atoms. The van der Waals surface area contributed by atoms with E-state index in [1.165, 1.54) is 11.6 Å². The van der Waals surface area contributed by atoms with Crippen molar-refractivity contribution >= 4 is 21.9 Å². The maximum absolute atomic E-state index is 10.6. The van der Waals surface area contributed by atoms with E-state index in [0.29, 0.717) is 5.92 Å². The maximum Gasteiger partial charge on any atom is 0.328 e. The summed E-state index contributed by atoms with van der Waals surface area (Å²) < 4.78 is 1.08. The third-order valence-corrected chi connectivity index (χ3v) is 3.46. The van der Waals surface area contributed by atoms with Crippen LogP contribution >= 0.6 is 15.9 Å². The lowest BCUT2D eigenvalue weighted by Gasteiger charge is -2.08. The van der Waals surface area contributed by atoms with Crippen molar-refractivity contribution in [1.29, 1.82) is 0 Å². The molecule has 1 unspecified atom stereocenters. The van der Waals surface area contributed by atoms with Crippen LogP contribution in [0.25, 0.3) is 0 Å². The second kappa shape index (κ2) is 4.83. The molecule has 0 saturated heterocycles. The highest BCUT2D eigenvalue weighted by Crippen LogP contribution is 2.38. The number of halogens is 1. The summed E-state index contributed by atoms with van der Waals surface area (Å²) in [6.45, 7) is 0. The number of rotatable bonds is 2. The fraction of sp³-hybridized carbons (Fsp3) is 0.308. The topological polar surface area (TPSA) is 37.3 Å². The molecule has 84 valence electrons. The van der Waals surface area contributed by atoms with E-state index >= 15 is 0 Å². The van der Waals surface area contributed by atoms with Gasteiger partial charge in [0.2, 0.25) is 0 Å². The van der Waals surface area contributed by atoms with Crippen molar-refractivity contribution in [2.45, 2.75) is 25.2 Å². The molecule has 16 heavy (non-hydrogen) atoms. The van der Waals surface area contributed by atoms with E-state index in [-0.39, 0.29) is 0 Å². The first-order valence-corrected chi connectivity index (χ1v) is 6.12. The molecule has 1 aromatic rings. The molecule has 3 heteroatoms. The Hall–Kier alpha value is -1.09. The molecule has 1 atom stereocenters. The second-order valence-electron chi connectivity index (χ2n) is 4.14. The zero-order valence-electron chi connectivity index (χ0n) is 8.82. The minimum atomic E-state index is -0.829. The van der Waals surface area contributed by atoms with E-state index in [0.717, 1.165) is 29.3 Å². The van der Waals surface area contributed by atoms with Crippen LogP contribution in [0.2, 0.25) is 0 Å². The van der Waals surface area contributed by atoms with Crippen LogP contribution in [0.4, 0.5) is 0 Å². The first-order valence-electron chi connectivity index (χ1n) is 5.33. The number of benzene rings is 1. The van der Waals surface area contributed by atoms with Crippen molar-refractivity contribution in [1.82, 2.24) is 0 Å². The first kappa shape index (κ1) is 11.4. The van der Waals surface area contributed by atoms with E-state index in [1.807, 2.05) is 12.1 Å². The van der Waals surface area contributed by atoms with Gasteiger partial charge >= 0.3 is 5.97 Å². The van der Waals surface area contributed by atoms with Crippen molar-refractivity contribution in [3.05, 3.63) is 46.0 Å². The van der Waals surface area contributed by atoms with Crippen LogP contribution in [0.15, 0.2) is 40.4 Å². The van der Waals surface area contributed by atoms with Gasteiger partial charge in [-0.25, -0.2) is 4.79 Å². The van der Waals surface area contributed by atoms with Gasteiger partial charge in [0.25, 0.3) is 0 Å². The molecule has 1 fully saturated rings. The Bertz CT molecular complexity index is 437. The third-order valence-electron chi connectivity index (χ3n) is 2.97. The minimum absolute atomic E-state index is 0.475. The van der Waals surface area contributed by atoms with Gasteiger partial charge in [-0.15, -0.1) is 0 Å². The Labute approximate surface area is 103 Å². The van der Waals surface area contributed by atoms with Gasteiger partial charge in [0, 0.05) is 10.5 Å². The number of carbonyl (C=O) groups is 1. The summed E-state index contributed by atoms with van der Waals surface area (Å²) in [5, 5.41) is 8.69.